The third-order valence-electron chi connectivity index (χ3n) is 2.64. The first-order valence-corrected chi connectivity index (χ1v) is 5.09. The Labute approximate surface area is 87.7 Å². The van der Waals surface area contributed by atoms with Crippen molar-refractivity contribution in [2.75, 3.05) is 13.2 Å². The minimum atomic E-state index is -0.827. The van der Waals surface area contributed by atoms with E-state index in [4.69, 9.17) is 14.2 Å². The molecule has 0 spiro atoms. The molecule has 2 aliphatic heterocycles. The van der Waals surface area contributed by atoms with Crippen LogP contribution >= 0.6 is 0 Å². The second-order valence-corrected chi connectivity index (χ2v) is 3.99. The number of rotatable bonds is 3. The number of Topliss-reactive ketones (excluding diaryl/α,β-unsaturated/α-hetero) is 1. The van der Waals surface area contributed by atoms with Crippen LogP contribution in [-0.2, 0) is 23.8 Å². The molecule has 0 unspecified atom stereocenters. The Kier molecular flexibility index (Phi) is 2.75. The molecule has 2 fully saturated rings. The van der Waals surface area contributed by atoms with Gasteiger partial charge < -0.3 is 14.2 Å². The van der Waals surface area contributed by atoms with E-state index in [0.717, 1.165) is 0 Å². The fourth-order valence-electron chi connectivity index (χ4n) is 1.84. The summed E-state index contributed by atoms with van der Waals surface area (Å²) in [6.45, 7) is 2.75. The van der Waals surface area contributed by atoms with Crippen molar-refractivity contribution in [3.05, 3.63) is 0 Å². The first-order valence-electron chi connectivity index (χ1n) is 5.09. The molecule has 2 rings (SSSR count). The Morgan fingerprint density at radius 2 is 2.13 bits per heavy atom. The van der Waals surface area contributed by atoms with E-state index in [1.165, 1.54) is 0 Å². The lowest BCUT2D eigenvalue weighted by Gasteiger charge is -2.22. The topological polar surface area (TPSA) is 61.8 Å². The highest BCUT2D eigenvalue weighted by molar-refractivity contribution is 5.88. The quantitative estimate of drug-likeness (QED) is 0.637. The van der Waals surface area contributed by atoms with Crippen molar-refractivity contribution < 1.29 is 23.8 Å². The summed E-state index contributed by atoms with van der Waals surface area (Å²) in [4.78, 5) is 22.6. The second kappa shape index (κ2) is 3.90. The molecule has 0 N–H and O–H groups in total. The minimum Gasteiger partial charge on any atom is -0.454 e. The van der Waals surface area contributed by atoms with Crippen molar-refractivity contribution in [1.29, 1.82) is 0 Å². The summed E-state index contributed by atoms with van der Waals surface area (Å²) < 4.78 is 15.5. The number of esters is 1. The van der Waals surface area contributed by atoms with Crippen molar-refractivity contribution in [1.82, 2.24) is 0 Å². The van der Waals surface area contributed by atoms with Gasteiger partial charge >= 0.3 is 5.97 Å². The van der Waals surface area contributed by atoms with E-state index in [1.807, 2.05) is 0 Å². The molecule has 2 aliphatic rings. The fraction of sp³-hybridized carbons (Fsp3) is 0.800. The maximum Gasteiger partial charge on any atom is 0.306 e. The van der Waals surface area contributed by atoms with Crippen LogP contribution < -0.4 is 0 Å². The van der Waals surface area contributed by atoms with Gasteiger partial charge in [-0.25, -0.2) is 0 Å². The van der Waals surface area contributed by atoms with Gasteiger partial charge in [0.05, 0.1) is 19.6 Å². The highest BCUT2D eigenvalue weighted by Crippen LogP contribution is 2.26. The van der Waals surface area contributed by atoms with Gasteiger partial charge in [-0.2, -0.15) is 0 Å². The lowest BCUT2D eigenvalue weighted by molar-refractivity contribution is -0.166. The summed E-state index contributed by atoms with van der Waals surface area (Å²) in [7, 11) is 0. The Morgan fingerprint density at radius 1 is 1.47 bits per heavy atom. The summed E-state index contributed by atoms with van der Waals surface area (Å²) in [5.41, 5.74) is 0. The van der Waals surface area contributed by atoms with E-state index in [0.29, 0.717) is 26.1 Å². The molecule has 1 atom stereocenters. The van der Waals surface area contributed by atoms with Crippen LogP contribution in [0.15, 0.2) is 0 Å². The van der Waals surface area contributed by atoms with Gasteiger partial charge in [0.25, 0.3) is 0 Å². The fourth-order valence-corrected chi connectivity index (χ4v) is 1.84. The highest BCUT2D eigenvalue weighted by atomic mass is 16.7. The maximum atomic E-state index is 11.7. The summed E-state index contributed by atoms with van der Waals surface area (Å²) in [6.07, 6.45) is 0.357. The zero-order valence-corrected chi connectivity index (χ0v) is 8.65. The van der Waals surface area contributed by atoms with E-state index in [-0.39, 0.29) is 18.2 Å². The molecular formula is C10H14O5. The van der Waals surface area contributed by atoms with Gasteiger partial charge in [-0.05, 0) is 6.92 Å². The van der Waals surface area contributed by atoms with Crippen molar-refractivity contribution in [2.24, 2.45) is 0 Å². The Hall–Kier alpha value is -0.940. The van der Waals surface area contributed by atoms with Crippen molar-refractivity contribution in [3.8, 4) is 0 Å². The molecule has 2 saturated heterocycles. The van der Waals surface area contributed by atoms with Crippen molar-refractivity contribution in [3.63, 3.8) is 0 Å². The molecule has 0 aromatic carbocycles. The predicted octanol–water partition coefficient (Wildman–Crippen LogP) is 0.414. The van der Waals surface area contributed by atoms with Crippen molar-refractivity contribution >= 4 is 11.8 Å². The average molecular weight is 214 g/mol. The lowest BCUT2D eigenvalue weighted by atomic mass is 10.0. The molecule has 5 nitrogen and oxygen atoms in total. The second-order valence-electron chi connectivity index (χ2n) is 3.99. The monoisotopic (exact) mass is 214 g/mol. The number of carbonyl (C=O) groups excluding carboxylic acids is 2. The van der Waals surface area contributed by atoms with Gasteiger partial charge in [0.15, 0.2) is 17.7 Å². The molecule has 0 amide bonds. The average Bonchev–Trinajstić information content (AvgIpc) is 2.75. The molecule has 0 bridgehead atoms. The van der Waals surface area contributed by atoms with Crippen molar-refractivity contribution in [2.45, 2.75) is 38.1 Å². The van der Waals surface area contributed by atoms with Crippen LogP contribution in [0.5, 0.6) is 0 Å². The Morgan fingerprint density at radius 3 is 2.67 bits per heavy atom. The number of carbonyl (C=O) groups is 2. The van der Waals surface area contributed by atoms with E-state index in [2.05, 4.69) is 0 Å². The van der Waals surface area contributed by atoms with E-state index >= 15 is 0 Å². The van der Waals surface area contributed by atoms with Crippen LogP contribution in [0.4, 0.5) is 0 Å². The third kappa shape index (κ3) is 2.35. The molecular weight excluding hydrogens is 200 g/mol. The molecule has 0 saturated carbocycles. The van der Waals surface area contributed by atoms with Crippen LogP contribution in [0.25, 0.3) is 0 Å². The number of cyclic esters (lactones) is 1. The molecule has 84 valence electrons. The summed E-state index contributed by atoms with van der Waals surface area (Å²) >= 11 is 0. The summed E-state index contributed by atoms with van der Waals surface area (Å²) in [6, 6.07) is 0. The molecule has 0 aromatic heterocycles. The first kappa shape index (κ1) is 10.6. The minimum absolute atomic E-state index is 0.120. The first-order chi connectivity index (χ1) is 7.09. The summed E-state index contributed by atoms with van der Waals surface area (Å²) in [5, 5.41) is 0. The number of ether oxygens (including phenoxy) is 3. The molecule has 2 heterocycles. The van der Waals surface area contributed by atoms with E-state index in [9.17, 15) is 9.59 Å². The zero-order chi connectivity index (χ0) is 10.9. The van der Waals surface area contributed by atoms with Crippen LogP contribution in [0.1, 0.15) is 26.2 Å². The Balaban J connectivity index is 1.89. The van der Waals surface area contributed by atoms with Gasteiger partial charge in [0, 0.05) is 12.8 Å². The third-order valence-corrected chi connectivity index (χ3v) is 2.64. The van der Waals surface area contributed by atoms with Crippen LogP contribution in [0.2, 0.25) is 0 Å². The van der Waals surface area contributed by atoms with Gasteiger partial charge in [-0.1, -0.05) is 0 Å². The lowest BCUT2D eigenvalue weighted by Crippen LogP contribution is -2.33. The van der Waals surface area contributed by atoms with Gasteiger partial charge in [0.1, 0.15) is 0 Å². The van der Waals surface area contributed by atoms with E-state index < -0.39 is 11.9 Å². The number of hydrogen-bond donors (Lipinski definition) is 0. The van der Waals surface area contributed by atoms with E-state index in [1.54, 1.807) is 6.92 Å². The van der Waals surface area contributed by atoms with Crippen LogP contribution in [-0.4, -0.2) is 36.9 Å². The van der Waals surface area contributed by atoms with Crippen LogP contribution in [0.3, 0.4) is 0 Å². The van der Waals surface area contributed by atoms with Gasteiger partial charge in [0.2, 0.25) is 0 Å². The molecule has 0 aromatic rings. The highest BCUT2D eigenvalue weighted by Gasteiger charge is 2.38. The molecule has 5 heteroatoms. The maximum absolute atomic E-state index is 11.7. The SMILES string of the molecule is CC1(CC(=O)[C@@H]2CCC(=O)O2)OCCO1. The molecule has 0 radical (unpaired) electrons. The standard InChI is InChI=1S/C10H14O5/c1-10(13-4-5-14-10)6-7(11)8-2-3-9(12)15-8/h8H,2-6H2,1H3/t8-/m0/s1. The number of hydrogen-bond acceptors (Lipinski definition) is 5. The van der Waals surface area contributed by atoms with Crippen LogP contribution in [0, 0.1) is 0 Å². The largest absolute Gasteiger partial charge is 0.454 e. The predicted molar refractivity (Wildman–Crippen MR) is 49.0 cm³/mol. The smallest absolute Gasteiger partial charge is 0.306 e. The number of ketones is 1. The Bertz CT molecular complexity index is 280. The van der Waals surface area contributed by atoms with Gasteiger partial charge in [-0.3, -0.25) is 9.59 Å². The molecule has 15 heavy (non-hydrogen) atoms. The normalized spacial score (nSPS) is 29.1. The molecule has 0 aliphatic carbocycles. The van der Waals surface area contributed by atoms with Gasteiger partial charge in [-0.15, -0.1) is 0 Å². The zero-order valence-electron chi connectivity index (χ0n) is 8.65. The summed E-state index contributed by atoms with van der Waals surface area (Å²) in [5.74, 6) is -1.25.